The van der Waals surface area contributed by atoms with E-state index in [0.29, 0.717) is 0 Å². The van der Waals surface area contributed by atoms with Gasteiger partial charge < -0.3 is 0 Å². The summed E-state index contributed by atoms with van der Waals surface area (Å²) < 4.78 is 0. The van der Waals surface area contributed by atoms with E-state index in [1.807, 2.05) is 6.07 Å². The van der Waals surface area contributed by atoms with Crippen LogP contribution in [0.4, 0.5) is 0 Å². The van der Waals surface area contributed by atoms with Gasteiger partial charge in [-0.1, -0.05) is 48.6 Å². The molecule has 0 saturated carbocycles. The van der Waals surface area contributed by atoms with Crippen molar-refractivity contribution in [2.75, 3.05) is 0 Å². The standard InChI is InChI=1S/C15H13N/c1-2-6-12(7-3-1)15-11-10-13-8-4-5-9-14(13)16-15/h1-4,6-8,10-11H,5,9H2. The molecule has 0 fully saturated rings. The predicted molar refractivity (Wildman–Crippen MR) is 67.0 cm³/mol. The molecule has 78 valence electrons. The van der Waals surface area contributed by atoms with Crippen molar-refractivity contribution in [3.63, 3.8) is 0 Å². The average Bonchev–Trinajstić information content (AvgIpc) is 2.39. The largest absolute Gasteiger partial charge is 0.252 e. The van der Waals surface area contributed by atoms with Crippen molar-refractivity contribution in [1.29, 1.82) is 0 Å². The molecule has 2 aromatic rings. The number of pyridine rings is 1. The average molecular weight is 207 g/mol. The van der Waals surface area contributed by atoms with Crippen molar-refractivity contribution in [2.45, 2.75) is 12.8 Å². The molecule has 0 unspecified atom stereocenters. The summed E-state index contributed by atoms with van der Waals surface area (Å²) in [5.41, 5.74) is 4.77. The second-order valence-electron chi connectivity index (χ2n) is 4.04. The van der Waals surface area contributed by atoms with Gasteiger partial charge in [0.05, 0.1) is 5.69 Å². The number of aryl methyl sites for hydroxylation is 1. The van der Waals surface area contributed by atoms with E-state index in [0.717, 1.165) is 18.5 Å². The molecule has 3 rings (SSSR count). The molecule has 1 heterocycles. The van der Waals surface area contributed by atoms with Crippen LogP contribution in [0.25, 0.3) is 17.3 Å². The third kappa shape index (κ3) is 1.65. The van der Waals surface area contributed by atoms with Crippen molar-refractivity contribution in [3.05, 3.63) is 59.8 Å². The summed E-state index contributed by atoms with van der Waals surface area (Å²) in [5.74, 6) is 0. The minimum Gasteiger partial charge on any atom is -0.252 e. The third-order valence-electron chi connectivity index (χ3n) is 2.92. The Morgan fingerprint density at radius 1 is 0.938 bits per heavy atom. The molecule has 1 heteroatoms. The van der Waals surface area contributed by atoms with Gasteiger partial charge in [0, 0.05) is 11.3 Å². The van der Waals surface area contributed by atoms with Crippen molar-refractivity contribution < 1.29 is 0 Å². The van der Waals surface area contributed by atoms with Crippen molar-refractivity contribution >= 4 is 6.08 Å². The first kappa shape index (κ1) is 9.34. The van der Waals surface area contributed by atoms with Crippen LogP contribution in [0.15, 0.2) is 48.5 Å². The fourth-order valence-electron chi connectivity index (χ4n) is 2.06. The highest BCUT2D eigenvalue weighted by Gasteiger charge is 2.07. The van der Waals surface area contributed by atoms with Crippen LogP contribution >= 0.6 is 0 Å². The van der Waals surface area contributed by atoms with Crippen LogP contribution in [-0.4, -0.2) is 4.98 Å². The Bertz CT molecular complexity index is 526. The zero-order chi connectivity index (χ0) is 10.8. The van der Waals surface area contributed by atoms with E-state index in [4.69, 9.17) is 4.98 Å². The molecule has 16 heavy (non-hydrogen) atoms. The van der Waals surface area contributed by atoms with Crippen LogP contribution in [0.5, 0.6) is 0 Å². The number of hydrogen-bond donors (Lipinski definition) is 0. The van der Waals surface area contributed by atoms with E-state index in [1.54, 1.807) is 0 Å². The molecule has 0 N–H and O–H groups in total. The number of aromatic nitrogens is 1. The quantitative estimate of drug-likeness (QED) is 0.694. The lowest BCUT2D eigenvalue weighted by Crippen LogP contribution is -1.98. The lowest BCUT2D eigenvalue weighted by molar-refractivity contribution is 0.929. The first-order chi connectivity index (χ1) is 7.93. The van der Waals surface area contributed by atoms with Gasteiger partial charge in [0.25, 0.3) is 0 Å². The zero-order valence-electron chi connectivity index (χ0n) is 9.06. The summed E-state index contributed by atoms with van der Waals surface area (Å²) in [4.78, 5) is 4.73. The summed E-state index contributed by atoms with van der Waals surface area (Å²) in [6, 6.07) is 14.6. The molecule has 1 aliphatic carbocycles. The second kappa shape index (κ2) is 3.93. The van der Waals surface area contributed by atoms with Crippen molar-refractivity contribution in [2.24, 2.45) is 0 Å². The van der Waals surface area contributed by atoms with Gasteiger partial charge in [-0.15, -0.1) is 0 Å². The number of allylic oxidation sites excluding steroid dienone is 1. The Balaban J connectivity index is 2.07. The minimum atomic E-state index is 1.06. The van der Waals surface area contributed by atoms with Gasteiger partial charge in [0.2, 0.25) is 0 Å². The molecule has 0 radical (unpaired) electrons. The van der Waals surface area contributed by atoms with E-state index >= 15 is 0 Å². The number of nitrogens with zero attached hydrogens (tertiary/aromatic N) is 1. The molecule has 0 bridgehead atoms. The molecule has 1 nitrogen and oxygen atoms in total. The lowest BCUT2D eigenvalue weighted by atomic mass is 10.0. The molecule has 1 aliphatic rings. The Labute approximate surface area is 95.5 Å². The Morgan fingerprint density at radius 3 is 2.69 bits per heavy atom. The van der Waals surface area contributed by atoms with Gasteiger partial charge in [-0.25, -0.2) is 0 Å². The fraction of sp³-hybridized carbons (Fsp3) is 0.133. The zero-order valence-corrected chi connectivity index (χ0v) is 9.06. The second-order valence-corrected chi connectivity index (χ2v) is 4.04. The SMILES string of the molecule is C1=Cc2ccc(-c3ccccc3)nc2CC1. The smallest absolute Gasteiger partial charge is 0.0705 e. The number of benzene rings is 1. The van der Waals surface area contributed by atoms with Crippen molar-refractivity contribution in [3.8, 4) is 11.3 Å². The van der Waals surface area contributed by atoms with Gasteiger partial charge in [0.15, 0.2) is 0 Å². The lowest BCUT2D eigenvalue weighted by Gasteiger charge is -2.10. The van der Waals surface area contributed by atoms with E-state index in [1.165, 1.54) is 16.8 Å². The van der Waals surface area contributed by atoms with Crippen LogP contribution < -0.4 is 0 Å². The first-order valence-corrected chi connectivity index (χ1v) is 5.65. The molecule has 0 aliphatic heterocycles. The number of fused-ring (bicyclic) bond motifs is 1. The molecule has 1 aromatic heterocycles. The summed E-state index contributed by atoms with van der Waals surface area (Å²) in [6.45, 7) is 0. The molecule has 0 atom stereocenters. The van der Waals surface area contributed by atoms with E-state index in [2.05, 4.69) is 48.6 Å². The van der Waals surface area contributed by atoms with Crippen LogP contribution in [0.2, 0.25) is 0 Å². The van der Waals surface area contributed by atoms with Crippen LogP contribution in [0.1, 0.15) is 17.7 Å². The normalized spacial score (nSPS) is 13.5. The topological polar surface area (TPSA) is 12.9 Å². The maximum absolute atomic E-state index is 4.73. The highest BCUT2D eigenvalue weighted by Crippen LogP contribution is 2.22. The summed E-state index contributed by atoms with van der Waals surface area (Å²) in [6.07, 6.45) is 6.55. The van der Waals surface area contributed by atoms with E-state index in [-0.39, 0.29) is 0 Å². The van der Waals surface area contributed by atoms with Gasteiger partial charge in [-0.2, -0.15) is 0 Å². The van der Waals surface area contributed by atoms with E-state index < -0.39 is 0 Å². The summed E-state index contributed by atoms with van der Waals surface area (Å²) in [5, 5.41) is 0. The minimum absolute atomic E-state index is 1.06. The maximum Gasteiger partial charge on any atom is 0.0705 e. The first-order valence-electron chi connectivity index (χ1n) is 5.65. The van der Waals surface area contributed by atoms with Gasteiger partial charge in [0.1, 0.15) is 0 Å². The Kier molecular flexibility index (Phi) is 2.30. The Hall–Kier alpha value is -1.89. The van der Waals surface area contributed by atoms with Crippen LogP contribution in [0, 0.1) is 0 Å². The van der Waals surface area contributed by atoms with Crippen LogP contribution in [0.3, 0.4) is 0 Å². The number of hydrogen-bond acceptors (Lipinski definition) is 1. The third-order valence-corrected chi connectivity index (χ3v) is 2.92. The van der Waals surface area contributed by atoms with E-state index in [9.17, 15) is 0 Å². The number of rotatable bonds is 1. The molecule has 0 saturated heterocycles. The van der Waals surface area contributed by atoms with Gasteiger partial charge in [-0.3, -0.25) is 4.98 Å². The fourth-order valence-corrected chi connectivity index (χ4v) is 2.06. The predicted octanol–water partition coefficient (Wildman–Crippen LogP) is 3.71. The Morgan fingerprint density at radius 2 is 1.81 bits per heavy atom. The highest BCUT2D eigenvalue weighted by atomic mass is 14.7. The van der Waals surface area contributed by atoms with Crippen LogP contribution in [-0.2, 0) is 6.42 Å². The molecular formula is C15H13N. The monoisotopic (exact) mass is 207 g/mol. The molecule has 0 amide bonds. The maximum atomic E-state index is 4.73. The summed E-state index contributed by atoms with van der Waals surface area (Å²) in [7, 11) is 0. The molecular weight excluding hydrogens is 194 g/mol. The van der Waals surface area contributed by atoms with Gasteiger partial charge in [-0.05, 0) is 24.5 Å². The molecule has 1 aromatic carbocycles. The summed E-state index contributed by atoms with van der Waals surface area (Å²) >= 11 is 0. The molecule has 0 spiro atoms. The van der Waals surface area contributed by atoms with Gasteiger partial charge >= 0.3 is 0 Å². The van der Waals surface area contributed by atoms with Crippen molar-refractivity contribution in [1.82, 2.24) is 4.98 Å². The highest BCUT2D eigenvalue weighted by molar-refractivity contribution is 5.63.